The Balaban J connectivity index is 2.27. The summed E-state index contributed by atoms with van der Waals surface area (Å²) < 4.78 is 1.84. The number of carbonyl (C=O) groups is 1. The standard InChI is InChI=1S/C14H17N3O/c1-11(2)5-7-17-9-13(10-18)14(16-17)12-4-3-6-15-8-12/h3-4,6,8-11H,5,7H2,1-2H3. The Morgan fingerprint density at radius 2 is 2.28 bits per heavy atom. The summed E-state index contributed by atoms with van der Waals surface area (Å²) in [6.07, 6.45) is 7.13. The Morgan fingerprint density at radius 1 is 1.44 bits per heavy atom. The second kappa shape index (κ2) is 5.58. The summed E-state index contributed by atoms with van der Waals surface area (Å²) in [6, 6.07) is 3.76. The second-order valence-corrected chi connectivity index (χ2v) is 4.74. The zero-order chi connectivity index (χ0) is 13.0. The van der Waals surface area contributed by atoms with Crippen molar-refractivity contribution in [2.75, 3.05) is 0 Å². The van der Waals surface area contributed by atoms with Crippen molar-refractivity contribution < 1.29 is 4.79 Å². The molecule has 2 aromatic heterocycles. The minimum absolute atomic E-state index is 0.617. The SMILES string of the molecule is CC(C)CCn1cc(C=O)c(-c2cccnc2)n1. The molecule has 0 radical (unpaired) electrons. The van der Waals surface area contributed by atoms with Crippen molar-refractivity contribution in [2.24, 2.45) is 5.92 Å². The predicted molar refractivity (Wildman–Crippen MR) is 70.3 cm³/mol. The molecule has 0 amide bonds. The summed E-state index contributed by atoms with van der Waals surface area (Å²) >= 11 is 0. The number of hydrogen-bond donors (Lipinski definition) is 0. The lowest BCUT2D eigenvalue weighted by atomic mass is 10.1. The molecular weight excluding hydrogens is 226 g/mol. The summed E-state index contributed by atoms with van der Waals surface area (Å²) in [5.41, 5.74) is 2.21. The molecule has 2 aromatic rings. The first-order chi connectivity index (χ1) is 8.70. The zero-order valence-electron chi connectivity index (χ0n) is 10.7. The number of carbonyl (C=O) groups excluding carboxylic acids is 1. The number of aromatic nitrogens is 3. The molecule has 0 unspecified atom stereocenters. The molecule has 0 aliphatic heterocycles. The number of rotatable bonds is 5. The van der Waals surface area contributed by atoms with Crippen LogP contribution >= 0.6 is 0 Å². The van der Waals surface area contributed by atoms with Gasteiger partial charge >= 0.3 is 0 Å². The second-order valence-electron chi connectivity index (χ2n) is 4.74. The van der Waals surface area contributed by atoms with Crippen LogP contribution in [0.2, 0.25) is 0 Å². The molecule has 94 valence electrons. The van der Waals surface area contributed by atoms with Gasteiger partial charge in [0.05, 0.1) is 5.56 Å². The summed E-state index contributed by atoms with van der Waals surface area (Å²) in [5.74, 6) is 0.621. The summed E-state index contributed by atoms with van der Waals surface area (Å²) in [7, 11) is 0. The number of aryl methyl sites for hydroxylation is 1. The molecule has 0 saturated carbocycles. The van der Waals surface area contributed by atoms with Gasteiger partial charge in [-0.15, -0.1) is 0 Å². The zero-order valence-corrected chi connectivity index (χ0v) is 10.7. The molecule has 0 aliphatic carbocycles. The average Bonchev–Trinajstić information content (AvgIpc) is 2.80. The molecule has 18 heavy (non-hydrogen) atoms. The average molecular weight is 243 g/mol. The van der Waals surface area contributed by atoms with Crippen molar-refractivity contribution in [3.63, 3.8) is 0 Å². The fourth-order valence-corrected chi connectivity index (χ4v) is 1.76. The van der Waals surface area contributed by atoms with E-state index in [4.69, 9.17) is 0 Å². The Bertz CT molecular complexity index is 517. The van der Waals surface area contributed by atoms with Crippen LogP contribution in [0, 0.1) is 5.92 Å². The van der Waals surface area contributed by atoms with Gasteiger partial charge in [-0.3, -0.25) is 14.5 Å². The highest BCUT2D eigenvalue weighted by Gasteiger charge is 2.10. The molecule has 0 aliphatic rings. The lowest BCUT2D eigenvalue weighted by Crippen LogP contribution is -2.02. The van der Waals surface area contributed by atoms with Gasteiger partial charge in [-0.1, -0.05) is 13.8 Å². The van der Waals surface area contributed by atoms with Crippen molar-refractivity contribution in [2.45, 2.75) is 26.8 Å². The normalized spacial score (nSPS) is 10.8. The lowest BCUT2D eigenvalue weighted by Gasteiger charge is -2.03. The first-order valence-electron chi connectivity index (χ1n) is 6.13. The van der Waals surface area contributed by atoms with Crippen LogP contribution in [-0.4, -0.2) is 21.1 Å². The maximum Gasteiger partial charge on any atom is 0.153 e. The molecule has 0 bridgehead atoms. The van der Waals surface area contributed by atoms with E-state index in [-0.39, 0.29) is 0 Å². The molecular formula is C14H17N3O. The first kappa shape index (κ1) is 12.5. The van der Waals surface area contributed by atoms with E-state index >= 15 is 0 Å². The van der Waals surface area contributed by atoms with Crippen molar-refractivity contribution in [3.8, 4) is 11.3 Å². The van der Waals surface area contributed by atoms with Crippen LogP contribution < -0.4 is 0 Å². The van der Waals surface area contributed by atoms with E-state index in [2.05, 4.69) is 23.9 Å². The smallest absolute Gasteiger partial charge is 0.153 e. The van der Waals surface area contributed by atoms with E-state index in [0.29, 0.717) is 17.2 Å². The largest absolute Gasteiger partial charge is 0.298 e. The molecule has 2 heterocycles. The van der Waals surface area contributed by atoms with E-state index < -0.39 is 0 Å². The number of hydrogen-bond acceptors (Lipinski definition) is 3. The maximum atomic E-state index is 11.1. The highest BCUT2D eigenvalue weighted by atomic mass is 16.1. The van der Waals surface area contributed by atoms with Gasteiger partial charge in [0.15, 0.2) is 6.29 Å². The summed E-state index contributed by atoms with van der Waals surface area (Å²) in [4.78, 5) is 15.1. The monoisotopic (exact) mass is 243 g/mol. The van der Waals surface area contributed by atoms with Crippen molar-refractivity contribution in [1.82, 2.24) is 14.8 Å². The molecule has 0 atom stereocenters. The van der Waals surface area contributed by atoms with E-state index in [0.717, 1.165) is 24.8 Å². The molecule has 4 nitrogen and oxygen atoms in total. The number of aldehydes is 1. The predicted octanol–water partition coefficient (Wildman–Crippen LogP) is 2.80. The van der Waals surface area contributed by atoms with E-state index in [1.807, 2.05) is 16.8 Å². The van der Waals surface area contributed by atoms with Gasteiger partial charge in [-0.05, 0) is 24.5 Å². The van der Waals surface area contributed by atoms with Crippen LogP contribution in [0.15, 0.2) is 30.7 Å². The van der Waals surface area contributed by atoms with Crippen LogP contribution in [0.25, 0.3) is 11.3 Å². The fourth-order valence-electron chi connectivity index (χ4n) is 1.76. The minimum Gasteiger partial charge on any atom is -0.298 e. The molecule has 0 fully saturated rings. The minimum atomic E-state index is 0.617. The van der Waals surface area contributed by atoms with Crippen LogP contribution in [0.5, 0.6) is 0 Å². The molecule has 0 saturated heterocycles. The van der Waals surface area contributed by atoms with Gasteiger partial charge in [0.1, 0.15) is 5.69 Å². The highest BCUT2D eigenvalue weighted by Crippen LogP contribution is 2.20. The lowest BCUT2D eigenvalue weighted by molar-refractivity contribution is 0.112. The Morgan fingerprint density at radius 3 is 2.89 bits per heavy atom. The van der Waals surface area contributed by atoms with E-state index in [1.165, 1.54) is 0 Å². The van der Waals surface area contributed by atoms with Gasteiger partial charge in [0, 0.05) is 30.7 Å². The summed E-state index contributed by atoms with van der Waals surface area (Å²) in [6.45, 7) is 5.18. The third-order valence-electron chi connectivity index (χ3n) is 2.79. The van der Waals surface area contributed by atoms with Gasteiger partial charge in [-0.2, -0.15) is 5.10 Å². The molecule has 4 heteroatoms. The van der Waals surface area contributed by atoms with Gasteiger partial charge in [0.25, 0.3) is 0 Å². The number of pyridine rings is 1. The molecule has 0 aromatic carbocycles. The molecule has 2 rings (SSSR count). The molecule has 0 N–H and O–H groups in total. The topological polar surface area (TPSA) is 47.8 Å². The van der Waals surface area contributed by atoms with Gasteiger partial charge in [0.2, 0.25) is 0 Å². The van der Waals surface area contributed by atoms with Crippen molar-refractivity contribution >= 4 is 6.29 Å². The third-order valence-corrected chi connectivity index (χ3v) is 2.79. The van der Waals surface area contributed by atoms with Crippen molar-refractivity contribution in [1.29, 1.82) is 0 Å². The maximum absolute atomic E-state index is 11.1. The number of nitrogens with zero attached hydrogens (tertiary/aromatic N) is 3. The molecule has 0 spiro atoms. The quantitative estimate of drug-likeness (QED) is 0.759. The van der Waals surface area contributed by atoms with Gasteiger partial charge < -0.3 is 0 Å². The fraction of sp³-hybridized carbons (Fsp3) is 0.357. The Kier molecular flexibility index (Phi) is 3.87. The Labute approximate surface area is 107 Å². The van der Waals surface area contributed by atoms with Gasteiger partial charge in [-0.25, -0.2) is 0 Å². The van der Waals surface area contributed by atoms with Crippen molar-refractivity contribution in [3.05, 3.63) is 36.3 Å². The third kappa shape index (κ3) is 2.83. The first-order valence-corrected chi connectivity index (χ1v) is 6.13. The van der Waals surface area contributed by atoms with E-state index in [9.17, 15) is 4.79 Å². The van der Waals surface area contributed by atoms with E-state index in [1.54, 1.807) is 18.6 Å². The van der Waals surface area contributed by atoms with Crippen LogP contribution in [0.3, 0.4) is 0 Å². The van der Waals surface area contributed by atoms with Crippen LogP contribution in [-0.2, 0) is 6.54 Å². The highest BCUT2D eigenvalue weighted by molar-refractivity contribution is 5.85. The van der Waals surface area contributed by atoms with Crippen LogP contribution in [0.1, 0.15) is 30.6 Å². The summed E-state index contributed by atoms with van der Waals surface area (Å²) in [5, 5.41) is 4.47. The Hall–Kier alpha value is -1.97. The van der Waals surface area contributed by atoms with Crippen LogP contribution in [0.4, 0.5) is 0 Å².